The highest BCUT2D eigenvalue weighted by molar-refractivity contribution is 7.99. The lowest BCUT2D eigenvalue weighted by atomic mass is 9.87. The van der Waals surface area contributed by atoms with Crippen molar-refractivity contribution in [3.63, 3.8) is 0 Å². The Morgan fingerprint density at radius 3 is 2.64 bits per heavy atom. The van der Waals surface area contributed by atoms with E-state index in [4.69, 9.17) is 21.3 Å². The van der Waals surface area contributed by atoms with Gasteiger partial charge in [-0.25, -0.2) is 4.98 Å². The van der Waals surface area contributed by atoms with E-state index in [9.17, 15) is 14.7 Å². The highest BCUT2D eigenvalue weighted by Gasteiger charge is 2.37. The van der Waals surface area contributed by atoms with E-state index in [-0.39, 0.29) is 18.1 Å². The summed E-state index contributed by atoms with van der Waals surface area (Å²) in [5, 5.41) is 11.0. The summed E-state index contributed by atoms with van der Waals surface area (Å²) >= 11 is 7.83. The third-order valence-electron chi connectivity index (χ3n) is 6.75. The SMILES string of the molecule is COC1CC(N(CC2CC2)c2ccc3c(=O)c4ccc(Cl)c(SC)c4n(CC(=O)O)c3n2)C1. The number of carboxylic acid groups (broad SMARTS) is 1. The number of carboxylic acids is 1. The number of methoxy groups -OCH3 is 1. The minimum atomic E-state index is -1.00. The lowest BCUT2D eigenvalue weighted by molar-refractivity contribution is -0.137. The van der Waals surface area contributed by atoms with Gasteiger partial charge < -0.3 is 19.3 Å². The molecule has 7 nitrogen and oxygen atoms in total. The molecule has 0 atom stereocenters. The Bertz CT molecular complexity index is 1300. The average Bonchev–Trinajstić information content (AvgIpc) is 3.58. The summed E-state index contributed by atoms with van der Waals surface area (Å²) in [6.45, 7) is 0.605. The van der Waals surface area contributed by atoms with Crippen molar-refractivity contribution in [3.8, 4) is 0 Å². The number of benzene rings is 1. The number of rotatable bonds is 8. The van der Waals surface area contributed by atoms with Gasteiger partial charge in [-0.1, -0.05) is 11.6 Å². The van der Waals surface area contributed by atoms with Crippen LogP contribution in [-0.2, 0) is 16.1 Å². The Kier molecular flexibility index (Phi) is 6.01. The van der Waals surface area contributed by atoms with E-state index < -0.39 is 5.97 Å². The molecule has 1 N–H and O–H groups in total. The Hall–Kier alpha value is -2.29. The summed E-state index contributed by atoms with van der Waals surface area (Å²) in [5.74, 6) is 0.431. The van der Waals surface area contributed by atoms with Gasteiger partial charge in [0.05, 0.1) is 26.9 Å². The monoisotopic (exact) mass is 487 g/mol. The van der Waals surface area contributed by atoms with Crippen molar-refractivity contribution in [2.75, 3.05) is 24.8 Å². The molecular weight excluding hydrogens is 462 g/mol. The first-order valence-corrected chi connectivity index (χ1v) is 12.7. The van der Waals surface area contributed by atoms with Gasteiger partial charge in [-0.15, -0.1) is 11.8 Å². The van der Waals surface area contributed by atoms with Gasteiger partial charge in [-0.2, -0.15) is 0 Å². The number of carbonyl (C=O) groups is 1. The van der Waals surface area contributed by atoms with Crippen molar-refractivity contribution < 1.29 is 14.6 Å². The molecule has 0 unspecified atom stereocenters. The number of hydrogen-bond donors (Lipinski definition) is 1. The molecule has 0 amide bonds. The Labute approximate surface area is 200 Å². The maximum Gasteiger partial charge on any atom is 0.323 e. The van der Waals surface area contributed by atoms with Crippen molar-refractivity contribution in [3.05, 3.63) is 39.5 Å². The number of pyridine rings is 2. The predicted molar refractivity (Wildman–Crippen MR) is 132 cm³/mol. The number of fused-ring (bicyclic) bond motifs is 2. The van der Waals surface area contributed by atoms with E-state index in [1.54, 1.807) is 29.9 Å². The van der Waals surface area contributed by atoms with Crippen molar-refractivity contribution in [1.29, 1.82) is 0 Å². The van der Waals surface area contributed by atoms with Gasteiger partial charge in [0.1, 0.15) is 18.0 Å². The van der Waals surface area contributed by atoms with Gasteiger partial charge in [0, 0.05) is 25.1 Å². The van der Waals surface area contributed by atoms with Gasteiger partial charge in [-0.3, -0.25) is 9.59 Å². The third kappa shape index (κ3) is 4.09. The molecular formula is C24H26ClN3O4S. The molecule has 0 spiro atoms. The molecule has 2 aromatic heterocycles. The van der Waals surface area contributed by atoms with Crippen LogP contribution in [0.15, 0.2) is 34.0 Å². The van der Waals surface area contributed by atoms with Crippen molar-refractivity contribution in [2.24, 2.45) is 5.92 Å². The zero-order valence-electron chi connectivity index (χ0n) is 18.6. The molecule has 5 rings (SSSR count). The predicted octanol–water partition coefficient (Wildman–Crippen LogP) is 4.40. The van der Waals surface area contributed by atoms with E-state index in [0.29, 0.717) is 43.8 Å². The summed E-state index contributed by atoms with van der Waals surface area (Å²) < 4.78 is 7.11. The largest absolute Gasteiger partial charge is 0.480 e. The summed E-state index contributed by atoms with van der Waals surface area (Å²) in [6.07, 6.45) is 6.44. The zero-order chi connectivity index (χ0) is 23.3. The Morgan fingerprint density at radius 2 is 2.00 bits per heavy atom. The standard InChI is InChI=1S/C24H26ClN3O4S/c1-32-15-9-14(10-15)27(11-13-3-4-13)19-8-6-17-22(31)16-5-7-18(25)23(33-2)21(16)28(12-20(29)30)24(17)26-19/h5-8,13-15H,3-4,9-12H2,1-2H3,(H,29,30). The molecule has 0 bridgehead atoms. The van der Waals surface area contributed by atoms with Crippen molar-refractivity contribution in [1.82, 2.24) is 9.55 Å². The highest BCUT2D eigenvalue weighted by Crippen LogP contribution is 2.38. The van der Waals surface area contributed by atoms with Crippen LogP contribution in [0.5, 0.6) is 0 Å². The number of anilines is 1. The second-order valence-electron chi connectivity index (χ2n) is 8.91. The molecule has 2 aliphatic rings. The lowest BCUT2D eigenvalue weighted by Crippen LogP contribution is -2.49. The normalized spacial score (nSPS) is 20.2. The molecule has 174 valence electrons. The molecule has 2 saturated carbocycles. The second kappa shape index (κ2) is 8.81. The molecule has 9 heteroatoms. The topological polar surface area (TPSA) is 84.7 Å². The van der Waals surface area contributed by atoms with Crippen LogP contribution in [0.25, 0.3) is 21.9 Å². The van der Waals surface area contributed by atoms with Gasteiger partial charge in [0.2, 0.25) is 0 Å². The van der Waals surface area contributed by atoms with E-state index in [1.807, 2.05) is 12.3 Å². The summed E-state index contributed by atoms with van der Waals surface area (Å²) in [5.41, 5.74) is 0.745. The van der Waals surface area contributed by atoms with Crippen molar-refractivity contribution in [2.45, 2.75) is 49.3 Å². The third-order valence-corrected chi connectivity index (χ3v) is 7.99. The van der Waals surface area contributed by atoms with E-state index in [2.05, 4.69) is 4.90 Å². The first-order valence-electron chi connectivity index (χ1n) is 11.1. The van der Waals surface area contributed by atoms with Crippen LogP contribution in [-0.4, -0.2) is 52.7 Å². The van der Waals surface area contributed by atoms with Crippen LogP contribution >= 0.6 is 23.4 Å². The summed E-state index contributed by atoms with van der Waals surface area (Å²) in [7, 11) is 1.74. The number of nitrogens with zero attached hydrogens (tertiary/aromatic N) is 3. The zero-order valence-corrected chi connectivity index (χ0v) is 20.2. The molecule has 0 radical (unpaired) electrons. The van der Waals surface area contributed by atoms with Crippen LogP contribution < -0.4 is 10.3 Å². The lowest BCUT2D eigenvalue weighted by Gasteiger charge is -2.43. The van der Waals surface area contributed by atoms with E-state index in [1.165, 1.54) is 24.6 Å². The fourth-order valence-corrected chi connectivity index (χ4v) is 5.77. The van der Waals surface area contributed by atoms with Crippen LogP contribution in [0.3, 0.4) is 0 Å². The molecule has 33 heavy (non-hydrogen) atoms. The summed E-state index contributed by atoms with van der Waals surface area (Å²) in [6, 6.07) is 7.38. The van der Waals surface area contributed by atoms with Gasteiger partial charge >= 0.3 is 5.97 Å². The minimum Gasteiger partial charge on any atom is -0.480 e. The molecule has 1 aromatic carbocycles. The smallest absolute Gasteiger partial charge is 0.323 e. The fraction of sp³-hybridized carbons (Fsp3) is 0.458. The molecule has 2 aliphatic carbocycles. The van der Waals surface area contributed by atoms with Crippen LogP contribution in [0.2, 0.25) is 5.02 Å². The first-order chi connectivity index (χ1) is 15.9. The molecule has 0 saturated heterocycles. The van der Waals surface area contributed by atoms with E-state index >= 15 is 0 Å². The number of ether oxygens (including phenoxy) is 1. The second-order valence-corrected chi connectivity index (χ2v) is 10.1. The highest BCUT2D eigenvalue weighted by atomic mass is 35.5. The number of halogens is 1. The Balaban J connectivity index is 1.72. The minimum absolute atomic E-state index is 0.163. The molecule has 2 heterocycles. The Morgan fingerprint density at radius 1 is 1.27 bits per heavy atom. The average molecular weight is 488 g/mol. The number of aliphatic carboxylic acids is 1. The van der Waals surface area contributed by atoms with Crippen LogP contribution in [0.1, 0.15) is 25.7 Å². The summed E-state index contributed by atoms with van der Waals surface area (Å²) in [4.78, 5) is 33.1. The first kappa shape index (κ1) is 22.5. The molecule has 2 fully saturated rings. The van der Waals surface area contributed by atoms with Gasteiger partial charge in [0.15, 0.2) is 5.43 Å². The maximum absolute atomic E-state index is 13.4. The van der Waals surface area contributed by atoms with Crippen LogP contribution in [0.4, 0.5) is 5.82 Å². The molecule has 0 aliphatic heterocycles. The van der Waals surface area contributed by atoms with Gasteiger partial charge in [0.25, 0.3) is 0 Å². The van der Waals surface area contributed by atoms with E-state index in [0.717, 1.165) is 25.2 Å². The number of aromatic nitrogens is 2. The quantitative estimate of drug-likeness (QED) is 0.372. The van der Waals surface area contributed by atoms with Gasteiger partial charge in [-0.05, 0) is 62.1 Å². The molecule has 3 aromatic rings. The van der Waals surface area contributed by atoms with Crippen LogP contribution in [0, 0.1) is 5.92 Å². The maximum atomic E-state index is 13.4. The number of hydrogen-bond acceptors (Lipinski definition) is 6. The fourth-order valence-electron chi connectivity index (χ4n) is 4.71. The number of thioether (sulfide) groups is 1. The van der Waals surface area contributed by atoms with Crippen molar-refractivity contribution >= 4 is 57.1 Å².